The summed E-state index contributed by atoms with van der Waals surface area (Å²) in [5, 5.41) is 0.650. The van der Waals surface area contributed by atoms with Crippen LogP contribution in [0.4, 0.5) is 0 Å². The molecule has 1 aliphatic carbocycles. The van der Waals surface area contributed by atoms with Gasteiger partial charge in [0.2, 0.25) is 0 Å². The first-order valence-electron chi connectivity index (χ1n) is 7.29. The number of allylic oxidation sites excluding steroid dienone is 2. The molecule has 2 aromatic rings. The fourth-order valence-electron chi connectivity index (χ4n) is 3.09. The molecule has 1 aromatic carbocycles. The van der Waals surface area contributed by atoms with Gasteiger partial charge in [-0.1, -0.05) is 17.7 Å². The molecule has 2 unspecified atom stereocenters. The number of aromatic nitrogens is 1. The maximum Gasteiger partial charge on any atom is 0.182 e. The van der Waals surface area contributed by atoms with Gasteiger partial charge in [-0.05, 0) is 30.4 Å². The van der Waals surface area contributed by atoms with E-state index in [0.29, 0.717) is 16.5 Å². The van der Waals surface area contributed by atoms with Crippen LogP contribution in [0.3, 0.4) is 0 Å². The first-order valence-corrected chi connectivity index (χ1v) is 7.67. The van der Waals surface area contributed by atoms with Crippen molar-refractivity contribution in [3.63, 3.8) is 0 Å². The first kappa shape index (κ1) is 14.2. The largest absolute Gasteiger partial charge is 0.496 e. The fraction of sp³-hybridized carbons (Fsp3) is 0.167. The molecule has 1 aliphatic heterocycles. The van der Waals surface area contributed by atoms with Gasteiger partial charge in [-0.2, -0.15) is 0 Å². The highest BCUT2D eigenvalue weighted by Crippen LogP contribution is 2.44. The second-order valence-corrected chi connectivity index (χ2v) is 5.91. The Labute approximate surface area is 138 Å². The van der Waals surface area contributed by atoms with Gasteiger partial charge in [0, 0.05) is 23.4 Å². The number of benzene rings is 1. The fourth-order valence-corrected chi connectivity index (χ4v) is 3.29. The summed E-state index contributed by atoms with van der Waals surface area (Å²) in [6.07, 6.45) is 7.27. The van der Waals surface area contributed by atoms with E-state index in [-0.39, 0.29) is 17.6 Å². The third-order valence-electron chi connectivity index (χ3n) is 4.12. The molecule has 2 aliphatic rings. The third-order valence-corrected chi connectivity index (χ3v) is 4.37. The molecule has 5 heteroatoms. The zero-order chi connectivity index (χ0) is 16.0. The van der Waals surface area contributed by atoms with Crippen LogP contribution in [0.25, 0.3) is 11.3 Å². The minimum absolute atomic E-state index is 0.0621. The predicted octanol–water partition coefficient (Wildman–Crippen LogP) is 3.52. The molecule has 0 amide bonds. The maximum absolute atomic E-state index is 11.9. The third kappa shape index (κ3) is 2.26. The van der Waals surface area contributed by atoms with Gasteiger partial charge in [0.25, 0.3) is 0 Å². The first-order chi connectivity index (χ1) is 11.2. The van der Waals surface area contributed by atoms with Crippen molar-refractivity contribution in [3.8, 4) is 22.8 Å². The summed E-state index contributed by atoms with van der Waals surface area (Å²) in [7, 11) is 1.61. The Bertz CT molecular complexity index is 897. The second-order valence-electron chi connectivity index (χ2n) is 5.47. The van der Waals surface area contributed by atoms with E-state index in [0.717, 1.165) is 11.3 Å². The van der Waals surface area contributed by atoms with Crippen LogP contribution in [-0.4, -0.2) is 17.8 Å². The number of fused-ring (bicyclic) bond motifs is 5. The Morgan fingerprint density at radius 2 is 2.17 bits per heavy atom. The number of halogens is 1. The summed E-state index contributed by atoms with van der Waals surface area (Å²) in [5.74, 6) is 1.35. The summed E-state index contributed by atoms with van der Waals surface area (Å²) in [6.45, 7) is 0. The zero-order valence-corrected chi connectivity index (χ0v) is 13.2. The van der Waals surface area contributed by atoms with E-state index >= 15 is 0 Å². The van der Waals surface area contributed by atoms with Crippen LogP contribution in [0.1, 0.15) is 6.04 Å². The molecule has 0 saturated heterocycles. The van der Waals surface area contributed by atoms with Gasteiger partial charge in [-0.15, -0.1) is 0 Å². The average molecular weight is 328 g/mol. The summed E-state index contributed by atoms with van der Waals surface area (Å²) in [4.78, 5) is 11.9. The molecule has 23 heavy (non-hydrogen) atoms. The molecule has 116 valence electrons. The van der Waals surface area contributed by atoms with Crippen molar-refractivity contribution < 1.29 is 9.47 Å². The van der Waals surface area contributed by atoms with Crippen LogP contribution in [0.5, 0.6) is 11.5 Å². The van der Waals surface area contributed by atoms with E-state index in [2.05, 4.69) is 0 Å². The summed E-state index contributed by atoms with van der Waals surface area (Å²) < 4.78 is 13.7. The van der Waals surface area contributed by atoms with Crippen molar-refractivity contribution in [2.24, 2.45) is 0 Å². The van der Waals surface area contributed by atoms with Gasteiger partial charge >= 0.3 is 0 Å². The number of pyridine rings is 1. The molecule has 0 radical (unpaired) electrons. The molecule has 2 atom stereocenters. The summed E-state index contributed by atoms with van der Waals surface area (Å²) >= 11 is 6.18. The van der Waals surface area contributed by atoms with Crippen molar-refractivity contribution in [2.75, 3.05) is 7.11 Å². The lowest BCUT2D eigenvalue weighted by Crippen LogP contribution is -2.27. The van der Waals surface area contributed by atoms with Crippen LogP contribution >= 0.6 is 11.6 Å². The SMILES string of the molecule is COc1cccc2c1-c1cc(=O)ccn1C1C=C(Cl)C=CC1O2. The lowest BCUT2D eigenvalue weighted by Gasteiger charge is -2.26. The van der Waals surface area contributed by atoms with Crippen LogP contribution in [0.15, 0.2) is 64.6 Å². The van der Waals surface area contributed by atoms with Gasteiger partial charge in [0.15, 0.2) is 5.43 Å². The zero-order valence-electron chi connectivity index (χ0n) is 12.4. The van der Waals surface area contributed by atoms with E-state index in [9.17, 15) is 4.79 Å². The van der Waals surface area contributed by atoms with Crippen molar-refractivity contribution in [3.05, 3.63) is 70.0 Å². The van der Waals surface area contributed by atoms with Gasteiger partial charge < -0.3 is 14.0 Å². The Hall–Kier alpha value is -2.46. The number of ether oxygens (including phenoxy) is 2. The Morgan fingerprint density at radius 1 is 1.30 bits per heavy atom. The molecule has 0 fully saturated rings. The van der Waals surface area contributed by atoms with Crippen molar-refractivity contribution in [2.45, 2.75) is 12.1 Å². The van der Waals surface area contributed by atoms with E-state index < -0.39 is 0 Å². The topological polar surface area (TPSA) is 40.5 Å². The van der Waals surface area contributed by atoms with E-state index in [4.69, 9.17) is 21.1 Å². The molecular weight excluding hydrogens is 314 g/mol. The highest BCUT2D eigenvalue weighted by Gasteiger charge is 2.31. The van der Waals surface area contributed by atoms with Crippen LogP contribution < -0.4 is 14.9 Å². The summed E-state index contributed by atoms with van der Waals surface area (Å²) in [5.41, 5.74) is 1.47. The lowest BCUT2D eigenvalue weighted by molar-refractivity contribution is 0.209. The quantitative estimate of drug-likeness (QED) is 0.804. The average Bonchev–Trinajstić information content (AvgIpc) is 2.69. The minimum Gasteiger partial charge on any atom is -0.496 e. The van der Waals surface area contributed by atoms with Gasteiger partial charge in [-0.25, -0.2) is 0 Å². The van der Waals surface area contributed by atoms with E-state index in [1.807, 2.05) is 41.0 Å². The molecule has 0 saturated carbocycles. The maximum atomic E-state index is 11.9. The van der Waals surface area contributed by atoms with E-state index in [1.165, 1.54) is 0 Å². The number of methoxy groups -OCH3 is 1. The Balaban J connectivity index is 2.05. The standard InChI is InChI=1S/C18H14ClNO3/c1-22-16-3-2-4-17-18(16)14-10-12(21)7-8-20(14)13-9-11(19)5-6-15(13)23-17/h2-10,13,15H,1H3. The summed E-state index contributed by atoms with van der Waals surface area (Å²) in [6, 6.07) is 8.64. The molecule has 0 N–H and O–H groups in total. The number of nitrogens with zero attached hydrogens (tertiary/aromatic N) is 1. The predicted molar refractivity (Wildman–Crippen MR) is 89.2 cm³/mol. The van der Waals surface area contributed by atoms with Crippen molar-refractivity contribution >= 4 is 11.6 Å². The normalized spacial score (nSPS) is 21.2. The lowest BCUT2D eigenvalue weighted by atomic mass is 10.0. The van der Waals surface area contributed by atoms with Crippen molar-refractivity contribution in [1.82, 2.24) is 4.57 Å². The number of hydrogen-bond acceptors (Lipinski definition) is 3. The minimum atomic E-state index is -0.202. The van der Waals surface area contributed by atoms with Crippen LogP contribution in [-0.2, 0) is 0 Å². The smallest absolute Gasteiger partial charge is 0.182 e. The Morgan fingerprint density at radius 3 is 3.00 bits per heavy atom. The highest BCUT2D eigenvalue weighted by molar-refractivity contribution is 6.31. The van der Waals surface area contributed by atoms with Crippen LogP contribution in [0, 0.1) is 0 Å². The molecule has 0 bridgehead atoms. The van der Waals surface area contributed by atoms with Gasteiger partial charge in [-0.3, -0.25) is 4.79 Å². The molecule has 2 heterocycles. The van der Waals surface area contributed by atoms with E-state index in [1.54, 1.807) is 25.4 Å². The van der Waals surface area contributed by atoms with Gasteiger partial charge in [0.1, 0.15) is 17.6 Å². The number of hydrogen-bond donors (Lipinski definition) is 0. The highest BCUT2D eigenvalue weighted by atomic mass is 35.5. The van der Waals surface area contributed by atoms with Crippen molar-refractivity contribution in [1.29, 1.82) is 0 Å². The Kier molecular flexibility index (Phi) is 3.27. The van der Waals surface area contributed by atoms with Crippen LogP contribution in [0.2, 0.25) is 0 Å². The molecule has 0 spiro atoms. The number of rotatable bonds is 1. The van der Waals surface area contributed by atoms with Gasteiger partial charge in [0.05, 0.1) is 24.4 Å². The second kappa shape index (κ2) is 5.32. The molecule has 4 rings (SSSR count). The monoisotopic (exact) mass is 327 g/mol. The molecule has 1 aromatic heterocycles. The molecule has 4 nitrogen and oxygen atoms in total. The molecular formula is C18H14ClNO3.